The molecule has 4 nitrogen and oxygen atoms in total. The summed E-state index contributed by atoms with van der Waals surface area (Å²) in [5.74, 6) is -0.871. The minimum absolute atomic E-state index is 0.361. The summed E-state index contributed by atoms with van der Waals surface area (Å²) in [6, 6.07) is 5.59. The van der Waals surface area contributed by atoms with Crippen LogP contribution in [0.5, 0.6) is 0 Å². The fraction of sp³-hybridized carbons (Fsp3) is 0.400. The standard InChI is InChI=1S/C15H20N2O2/c1-3-11-8-13(15(18)19)9-12-7-10(2)17(14(11)12)6-4-5-16/h7-9H,3-6,16H2,1-2H3,(H,18,19). The predicted octanol–water partition coefficient (Wildman–Crippen LogP) is 2.56. The van der Waals surface area contributed by atoms with E-state index in [1.165, 1.54) is 0 Å². The third-order valence-corrected chi connectivity index (χ3v) is 3.49. The molecule has 102 valence electrons. The zero-order chi connectivity index (χ0) is 14.0. The van der Waals surface area contributed by atoms with Crippen LogP contribution >= 0.6 is 0 Å². The van der Waals surface area contributed by atoms with Crippen LogP contribution < -0.4 is 5.73 Å². The highest BCUT2D eigenvalue weighted by Crippen LogP contribution is 2.26. The molecule has 1 aromatic heterocycles. The average molecular weight is 260 g/mol. The number of hydrogen-bond acceptors (Lipinski definition) is 2. The van der Waals surface area contributed by atoms with Crippen molar-refractivity contribution in [3.63, 3.8) is 0 Å². The minimum Gasteiger partial charge on any atom is -0.478 e. The Balaban J connectivity index is 2.65. The van der Waals surface area contributed by atoms with Gasteiger partial charge < -0.3 is 15.4 Å². The molecule has 0 atom stereocenters. The third-order valence-electron chi connectivity index (χ3n) is 3.49. The van der Waals surface area contributed by atoms with Crippen molar-refractivity contribution in [3.05, 3.63) is 35.0 Å². The number of aromatic nitrogens is 1. The Morgan fingerprint density at radius 3 is 2.68 bits per heavy atom. The molecule has 0 spiro atoms. The molecule has 0 aliphatic carbocycles. The fourth-order valence-electron chi connectivity index (χ4n) is 2.57. The number of hydrogen-bond donors (Lipinski definition) is 2. The number of aryl methyl sites for hydroxylation is 3. The van der Waals surface area contributed by atoms with E-state index in [1.54, 1.807) is 12.1 Å². The number of benzene rings is 1. The number of rotatable bonds is 5. The van der Waals surface area contributed by atoms with Crippen molar-refractivity contribution in [2.75, 3.05) is 6.54 Å². The Bertz CT molecular complexity index is 614. The van der Waals surface area contributed by atoms with Crippen LogP contribution in [0.25, 0.3) is 10.9 Å². The van der Waals surface area contributed by atoms with Gasteiger partial charge in [-0.05, 0) is 50.1 Å². The van der Waals surface area contributed by atoms with Gasteiger partial charge in [-0.25, -0.2) is 4.79 Å². The first-order chi connectivity index (χ1) is 9.08. The second kappa shape index (κ2) is 5.45. The first-order valence-electron chi connectivity index (χ1n) is 6.64. The van der Waals surface area contributed by atoms with Crippen LogP contribution in [0.1, 0.15) is 35.0 Å². The van der Waals surface area contributed by atoms with E-state index in [1.807, 2.05) is 0 Å². The molecular formula is C15H20N2O2. The van der Waals surface area contributed by atoms with E-state index in [9.17, 15) is 4.79 Å². The van der Waals surface area contributed by atoms with Crippen LogP contribution in [0, 0.1) is 6.92 Å². The summed E-state index contributed by atoms with van der Waals surface area (Å²) >= 11 is 0. The van der Waals surface area contributed by atoms with Gasteiger partial charge in [-0.1, -0.05) is 6.92 Å². The van der Waals surface area contributed by atoms with Crippen LogP contribution in [0.4, 0.5) is 0 Å². The van der Waals surface area contributed by atoms with Crippen molar-refractivity contribution in [3.8, 4) is 0 Å². The van der Waals surface area contributed by atoms with Crippen molar-refractivity contribution in [2.45, 2.75) is 33.2 Å². The zero-order valence-corrected chi connectivity index (χ0v) is 11.4. The normalized spacial score (nSPS) is 11.1. The molecule has 0 amide bonds. The van der Waals surface area contributed by atoms with E-state index in [0.717, 1.165) is 41.5 Å². The van der Waals surface area contributed by atoms with Crippen molar-refractivity contribution >= 4 is 16.9 Å². The van der Waals surface area contributed by atoms with E-state index in [-0.39, 0.29) is 0 Å². The lowest BCUT2D eigenvalue weighted by Gasteiger charge is -2.11. The molecule has 0 aliphatic rings. The molecule has 0 radical (unpaired) electrons. The predicted molar refractivity (Wildman–Crippen MR) is 76.7 cm³/mol. The summed E-state index contributed by atoms with van der Waals surface area (Å²) in [4.78, 5) is 11.2. The molecular weight excluding hydrogens is 240 g/mol. The molecule has 1 aromatic carbocycles. The highest BCUT2D eigenvalue weighted by Gasteiger charge is 2.13. The van der Waals surface area contributed by atoms with Gasteiger partial charge in [-0.3, -0.25) is 0 Å². The molecule has 0 saturated heterocycles. The lowest BCUT2D eigenvalue weighted by molar-refractivity contribution is 0.0697. The van der Waals surface area contributed by atoms with Gasteiger partial charge in [0.05, 0.1) is 11.1 Å². The molecule has 0 fully saturated rings. The topological polar surface area (TPSA) is 68.2 Å². The molecule has 2 rings (SSSR count). The number of carboxylic acids is 1. The van der Waals surface area contributed by atoms with Crippen LogP contribution in [0.2, 0.25) is 0 Å². The van der Waals surface area contributed by atoms with E-state index in [4.69, 9.17) is 10.8 Å². The highest BCUT2D eigenvalue weighted by atomic mass is 16.4. The van der Waals surface area contributed by atoms with E-state index in [2.05, 4.69) is 24.5 Å². The van der Waals surface area contributed by atoms with Gasteiger partial charge in [-0.15, -0.1) is 0 Å². The fourth-order valence-corrected chi connectivity index (χ4v) is 2.57. The van der Waals surface area contributed by atoms with Gasteiger partial charge in [-0.2, -0.15) is 0 Å². The molecule has 2 aromatic rings. The van der Waals surface area contributed by atoms with Gasteiger partial charge >= 0.3 is 5.97 Å². The second-order valence-corrected chi connectivity index (χ2v) is 4.81. The maximum absolute atomic E-state index is 11.2. The summed E-state index contributed by atoms with van der Waals surface area (Å²) in [5, 5.41) is 10.2. The lowest BCUT2D eigenvalue weighted by atomic mass is 10.0. The molecule has 4 heteroatoms. The average Bonchev–Trinajstić information content (AvgIpc) is 2.70. The molecule has 19 heavy (non-hydrogen) atoms. The Morgan fingerprint density at radius 1 is 1.37 bits per heavy atom. The van der Waals surface area contributed by atoms with Gasteiger partial charge in [0, 0.05) is 17.6 Å². The van der Waals surface area contributed by atoms with E-state index >= 15 is 0 Å². The molecule has 0 aliphatic heterocycles. The van der Waals surface area contributed by atoms with Gasteiger partial charge in [0.15, 0.2) is 0 Å². The molecule has 0 unspecified atom stereocenters. The number of nitrogens with two attached hydrogens (primary N) is 1. The summed E-state index contributed by atoms with van der Waals surface area (Å²) in [5.41, 5.74) is 9.33. The number of fused-ring (bicyclic) bond motifs is 1. The van der Waals surface area contributed by atoms with E-state index in [0.29, 0.717) is 12.1 Å². The van der Waals surface area contributed by atoms with Crippen molar-refractivity contribution in [2.24, 2.45) is 5.73 Å². The summed E-state index contributed by atoms with van der Waals surface area (Å²) in [7, 11) is 0. The van der Waals surface area contributed by atoms with Crippen molar-refractivity contribution in [1.29, 1.82) is 0 Å². The van der Waals surface area contributed by atoms with E-state index < -0.39 is 5.97 Å². The van der Waals surface area contributed by atoms with Crippen LogP contribution in [0.3, 0.4) is 0 Å². The van der Waals surface area contributed by atoms with Gasteiger partial charge in [0.2, 0.25) is 0 Å². The van der Waals surface area contributed by atoms with Crippen molar-refractivity contribution in [1.82, 2.24) is 4.57 Å². The maximum atomic E-state index is 11.2. The SMILES string of the molecule is CCc1cc(C(=O)O)cc2cc(C)n(CCCN)c12. The number of aromatic carboxylic acids is 1. The monoisotopic (exact) mass is 260 g/mol. The van der Waals surface area contributed by atoms with Crippen molar-refractivity contribution < 1.29 is 9.90 Å². The third kappa shape index (κ3) is 2.49. The summed E-state index contributed by atoms with van der Waals surface area (Å²) in [6.45, 7) is 5.64. The van der Waals surface area contributed by atoms with Crippen LogP contribution in [-0.2, 0) is 13.0 Å². The maximum Gasteiger partial charge on any atom is 0.335 e. The molecule has 0 saturated carbocycles. The minimum atomic E-state index is -0.871. The van der Waals surface area contributed by atoms with Crippen LogP contribution in [0.15, 0.2) is 18.2 Å². The molecule has 1 heterocycles. The first kappa shape index (κ1) is 13.6. The number of nitrogens with zero attached hydrogens (tertiary/aromatic N) is 1. The Morgan fingerprint density at radius 2 is 2.11 bits per heavy atom. The zero-order valence-electron chi connectivity index (χ0n) is 11.4. The smallest absolute Gasteiger partial charge is 0.335 e. The first-order valence-corrected chi connectivity index (χ1v) is 6.64. The lowest BCUT2D eigenvalue weighted by Crippen LogP contribution is -2.08. The largest absolute Gasteiger partial charge is 0.478 e. The van der Waals surface area contributed by atoms with Gasteiger partial charge in [0.1, 0.15) is 0 Å². The highest BCUT2D eigenvalue weighted by molar-refractivity contribution is 5.95. The quantitative estimate of drug-likeness (QED) is 0.868. The number of carboxylic acid groups (broad SMARTS) is 1. The Kier molecular flexibility index (Phi) is 3.90. The molecule has 3 N–H and O–H groups in total. The van der Waals surface area contributed by atoms with Crippen LogP contribution in [-0.4, -0.2) is 22.2 Å². The second-order valence-electron chi connectivity index (χ2n) is 4.81. The molecule has 0 bridgehead atoms. The Hall–Kier alpha value is -1.81. The summed E-state index contributed by atoms with van der Waals surface area (Å²) in [6.07, 6.45) is 1.75. The summed E-state index contributed by atoms with van der Waals surface area (Å²) < 4.78 is 2.24. The number of carbonyl (C=O) groups is 1. The van der Waals surface area contributed by atoms with Gasteiger partial charge in [0.25, 0.3) is 0 Å². The Labute approximate surface area is 112 Å².